The highest BCUT2D eigenvalue weighted by Gasteiger charge is 2.22. The molecule has 0 fully saturated rings. The maximum Gasteiger partial charge on any atom is 0.361 e. The van der Waals surface area contributed by atoms with E-state index < -0.39 is 0 Å². The van der Waals surface area contributed by atoms with Crippen LogP contribution in [0.2, 0.25) is 0 Å². The summed E-state index contributed by atoms with van der Waals surface area (Å²) in [5.74, 6) is 1.51. The van der Waals surface area contributed by atoms with Gasteiger partial charge in [-0.3, -0.25) is 0 Å². The third-order valence-corrected chi connectivity index (χ3v) is 5.61. The fraction of sp³-hybridized carbons (Fsp3) is 0.143. The molecule has 0 amide bonds. The summed E-state index contributed by atoms with van der Waals surface area (Å²) in [6.45, 7) is 1.59. The summed E-state index contributed by atoms with van der Waals surface area (Å²) in [5, 5.41) is 0. The van der Waals surface area contributed by atoms with Crippen LogP contribution in [0.15, 0.2) is 109 Å². The summed E-state index contributed by atoms with van der Waals surface area (Å²) in [6, 6.07) is 36.3. The quantitative estimate of drug-likeness (QED) is 0.312. The van der Waals surface area contributed by atoms with Crippen LogP contribution < -0.4 is 38.1 Å². The minimum absolute atomic E-state index is 0.170. The van der Waals surface area contributed by atoms with Gasteiger partial charge in [-0.25, -0.2) is 0 Å². The van der Waals surface area contributed by atoms with Crippen LogP contribution in [0.25, 0.3) is 0 Å². The summed E-state index contributed by atoms with van der Waals surface area (Å²) >= 11 is 0. The van der Waals surface area contributed by atoms with Gasteiger partial charge in [-0.15, -0.1) is 0 Å². The van der Waals surface area contributed by atoms with Crippen molar-refractivity contribution < 1.29 is 14.0 Å². The molecule has 0 aliphatic heterocycles. The van der Waals surface area contributed by atoms with Crippen molar-refractivity contribution >= 4 is 35.7 Å². The van der Waals surface area contributed by atoms with Crippen molar-refractivity contribution in [1.29, 1.82) is 0 Å². The number of benzene rings is 4. The van der Waals surface area contributed by atoms with Crippen LogP contribution in [-0.4, -0.2) is 40.1 Å². The summed E-state index contributed by atoms with van der Waals surface area (Å²) in [6.07, 6.45) is 0. The first-order valence-corrected chi connectivity index (χ1v) is 11.9. The second-order valence-corrected chi connectivity index (χ2v) is 8.14. The van der Waals surface area contributed by atoms with Crippen LogP contribution in [0, 0.1) is 0 Å². The lowest BCUT2D eigenvalue weighted by atomic mass is 9.55. The van der Waals surface area contributed by atoms with Crippen molar-refractivity contribution in [2.24, 2.45) is 11.5 Å². The van der Waals surface area contributed by atoms with Crippen molar-refractivity contribution in [2.45, 2.75) is 0 Å². The van der Waals surface area contributed by atoms with Crippen LogP contribution in [0.4, 0.5) is 0 Å². The largest absolute Gasteiger partial charge is 0.457 e. The van der Waals surface area contributed by atoms with Gasteiger partial charge in [-0.2, -0.15) is 0 Å². The molecule has 4 aromatic carbocycles. The van der Waals surface area contributed by atoms with Crippen LogP contribution in [0.3, 0.4) is 0 Å². The fourth-order valence-electron chi connectivity index (χ4n) is 3.95. The Hall–Kier alpha value is -3.35. The lowest BCUT2D eigenvalue weighted by Gasteiger charge is -2.16. The van der Waals surface area contributed by atoms with Gasteiger partial charge in [0.2, 0.25) is 0 Å². The van der Waals surface area contributed by atoms with E-state index in [4.69, 9.17) is 25.5 Å². The zero-order chi connectivity index (χ0) is 24.3. The lowest BCUT2D eigenvalue weighted by molar-refractivity contribution is 0.344. The van der Waals surface area contributed by atoms with Gasteiger partial charge < -0.3 is 25.5 Å². The molecule has 0 aliphatic carbocycles. The highest BCUT2D eigenvalue weighted by atomic mass is 16.5. The molecule has 0 heterocycles. The number of hydrogen-bond acceptors (Lipinski definition) is 5. The van der Waals surface area contributed by atoms with Gasteiger partial charge in [0.1, 0.15) is 11.5 Å². The zero-order valence-electron chi connectivity index (χ0n) is 19.8. The smallest absolute Gasteiger partial charge is 0.361 e. The van der Waals surface area contributed by atoms with E-state index >= 15 is 0 Å². The van der Waals surface area contributed by atoms with Crippen molar-refractivity contribution in [1.82, 2.24) is 0 Å². The Morgan fingerprint density at radius 3 is 1.14 bits per heavy atom. The SMILES string of the molecule is NCCOB(c1ccccc1)c1ccc(Oc2ccc(B(OCCN)c3ccccc3)cc2)cc1. The molecule has 0 bridgehead atoms. The molecule has 0 spiro atoms. The Morgan fingerprint density at radius 1 is 0.457 bits per heavy atom. The van der Waals surface area contributed by atoms with Crippen LogP contribution in [0.5, 0.6) is 11.5 Å². The van der Waals surface area contributed by atoms with Gasteiger partial charge in [0, 0.05) is 26.3 Å². The van der Waals surface area contributed by atoms with E-state index in [1.807, 2.05) is 84.9 Å². The second-order valence-electron chi connectivity index (χ2n) is 8.14. The molecule has 176 valence electrons. The number of nitrogens with two attached hydrogens (primary N) is 2. The molecule has 4 aromatic rings. The Morgan fingerprint density at radius 2 is 0.800 bits per heavy atom. The summed E-state index contributed by atoms with van der Waals surface area (Å²) in [4.78, 5) is 0. The number of ether oxygens (including phenoxy) is 1. The summed E-state index contributed by atoms with van der Waals surface area (Å²) < 4.78 is 18.2. The molecule has 0 aliphatic rings. The molecule has 0 radical (unpaired) electrons. The molecule has 0 saturated carbocycles. The summed E-state index contributed by atoms with van der Waals surface area (Å²) in [7, 11) is 0. The molecule has 0 atom stereocenters. The molecule has 4 rings (SSSR count). The van der Waals surface area contributed by atoms with Crippen molar-refractivity contribution in [3.05, 3.63) is 109 Å². The lowest BCUT2D eigenvalue weighted by Crippen LogP contribution is -2.45. The van der Waals surface area contributed by atoms with Gasteiger partial charge in [0.05, 0.1) is 0 Å². The monoisotopic (exact) mass is 464 g/mol. The normalized spacial score (nSPS) is 10.7. The van der Waals surface area contributed by atoms with Crippen molar-refractivity contribution in [2.75, 3.05) is 26.3 Å². The molecular formula is C28H30B2N2O3. The van der Waals surface area contributed by atoms with E-state index in [1.54, 1.807) is 0 Å². The van der Waals surface area contributed by atoms with E-state index in [2.05, 4.69) is 24.3 Å². The van der Waals surface area contributed by atoms with E-state index in [0.29, 0.717) is 26.3 Å². The zero-order valence-corrected chi connectivity index (χ0v) is 19.8. The number of hydrogen-bond donors (Lipinski definition) is 2. The van der Waals surface area contributed by atoms with E-state index in [9.17, 15) is 0 Å². The van der Waals surface area contributed by atoms with Gasteiger partial charge >= 0.3 is 13.8 Å². The first-order chi connectivity index (χ1) is 17.3. The van der Waals surface area contributed by atoms with Gasteiger partial charge in [-0.1, -0.05) is 84.9 Å². The van der Waals surface area contributed by atoms with Crippen molar-refractivity contribution in [3.8, 4) is 11.5 Å². The van der Waals surface area contributed by atoms with Crippen LogP contribution in [0.1, 0.15) is 0 Å². The van der Waals surface area contributed by atoms with Crippen LogP contribution >= 0.6 is 0 Å². The topological polar surface area (TPSA) is 79.7 Å². The third-order valence-electron chi connectivity index (χ3n) is 5.61. The minimum Gasteiger partial charge on any atom is -0.457 e. The fourth-order valence-corrected chi connectivity index (χ4v) is 3.95. The molecule has 4 N–H and O–H groups in total. The minimum atomic E-state index is -0.170. The Kier molecular flexibility index (Phi) is 9.15. The highest BCUT2D eigenvalue weighted by molar-refractivity contribution is 6.80. The molecule has 0 aromatic heterocycles. The molecule has 0 unspecified atom stereocenters. The highest BCUT2D eigenvalue weighted by Crippen LogP contribution is 2.19. The van der Waals surface area contributed by atoms with E-state index in [0.717, 1.165) is 33.4 Å². The van der Waals surface area contributed by atoms with Crippen molar-refractivity contribution in [3.63, 3.8) is 0 Å². The predicted molar refractivity (Wildman–Crippen MR) is 146 cm³/mol. The maximum atomic E-state index is 6.10. The van der Waals surface area contributed by atoms with Gasteiger partial charge in [-0.05, 0) is 46.1 Å². The number of rotatable bonds is 12. The average Bonchev–Trinajstić information content (AvgIpc) is 2.92. The molecule has 5 nitrogen and oxygen atoms in total. The van der Waals surface area contributed by atoms with Gasteiger partial charge in [0.15, 0.2) is 0 Å². The second kappa shape index (κ2) is 12.9. The molecule has 0 saturated heterocycles. The van der Waals surface area contributed by atoms with Crippen LogP contribution in [-0.2, 0) is 9.31 Å². The Labute approximate surface area is 208 Å². The standard InChI is InChI=1S/C28H30B2N2O3/c31-19-21-33-29(23-7-3-1-4-8-23)25-11-15-27(16-12-25)35-28-17-13-26(14-18-28)30(34-22-20-32)24-9-5-2-6-10-24/h1-18H,19-22,31-32H2. The van der Waals surface area contributed by atoms with E-state index in [1.165, 1.54) is 0 Å². The maximum absolute atomic E-state index is 6.10. The summed E-state index contributed by atoms with van der Waals surface area (Å²) in [5.41, 5.74) is 15.6. The molecule has 7 heteroatoms. The molecular weight excluding hydrogens is 434 g/mol. The molecule has 35 heavy (non-hydrogen) atoms. The van der Waals surface area contributed by atoms with Gasteiger partial charge in [0.25, 0.3) is 0 Å². The first kappa shape index (κ1) is 24.8. The van der Waals surface area contributed by atoms with E-state index in [-0.39, 0.29) is 13.8 Å². The average molecular weight is 464 g/mol. The predicted octanol–water partition coefficient (Wildman–Crippen LogP) is 1.64. The third kappa shape index (κ3) is 6.84. The Bertz CT molecular complexity index is 1050. The first-order valence-electron chi connectivity index (χ1n) is 11.9. The Balaban J connectivity index is 1.46.